The molecule has 1 saturated carbocycles. The number of nitrogens with two attached hydrogens (primary N) is 1. The van der Waals surface area contributed by atoms with E-state index in [1.807, 2.05) is 0 Å². The molecule has 0 saturated heterocycles. The summed E-state index contributed by atoms with van der Waals surface area (Å²) < 4.78 is 10.5. The zero-order valence-corrected chi connectivity index (χ0v) is 14.0. The minimum absolute atomic E-state index is 0. The Morgan fingerprint density at radius 2 is 2.04 bits per heavy atom. The normalized spacial score (nSPS) is 16.6. The Balaban J connectivity index is 0.00000192. The molecule has 126 valence electrons. The maximum Gasteiger partial charge on any atom is 0.227 e. The highest BCUT2D eigenvalue weighted by Gasteiger charge is 2.33. The Morgan fingerprint density at radius 3 is 2.74 bits per heavy atom. The van der Waals surface area contributed by atoms with E-state index in [0.717, 1.165) is 19.3 Å². The standard InChI is InChI=1S/C15H21N5O2.ClH/c1-21-12-7-11(17-10-18-12)14-19-13(22-20-14)8-15(9-16)5-3-2-4-6-15;/h7,10H,2-6,8-9,16H2,1H3;1H. The summed E-state index contributed by atoms with van der Waals surface area (Å²) >= 11 is 0. The molecule has 0 unspecified atom stereocenters. The van der Waals surface area contributed by atoms with E-state index in [4.69, 9.17) is 15.0 Å². The largest absolute Gasteiger partial charge is 0.481 e. The SMILES string of the molecule is COc1cc(-c2noc(CC3(CN)CCCCC3)n2)ncn1.Cl. The van der Waals surface area contributed by atoms with Gasteiger partial charge in [0.1, 0.15) is 12.0 Å². The molecular formula is C15H22ClN5O2. The fourth-order valence-electron chi connectivity index (χ4n) is 3.08. The van der Waals surface area contributed by atoms with Gasteiger partial charge in [-0.2, -0.15) is 4.98 Å². The van der Waals surface area contributed by atoms with Gasteiger partial charge in [-0.3, -0.25) is 0 Å². The van der Waals surface area contributed by atoms with Crippen molar-refractivity contribution in [2.24, 2.45) is 11.1 Å². The molecule has 0 spiro atoms. The van der Waals surface area contributed by atoms with E-state index in [1.54, 1.807) is 13.2 Å². The summed E-state index contributed by atoms with van der Waals surface area (Å²) in [6, 6.07) is 1.69. The number of hydrogen-bond donors (Lipinski definition) is 1. The van der Waals surface area contributed by atoms with Crippen LogP contribution in [-0.4, -0.2) is 33.8 Å². The lowest BCUT2D eigenvalue weighted by molar-refractivity contribution is 0.177. The molecular weight excluding hydrogens is 318 g/mol. The summed E-state index contributed by atoms with van der Waals surface area (Å²) in [5, 5.41) is 4.02. The van der Waals surface area contributed by atoms with Gasteiger partial charge in [0.2, 0.25) is 17.6 Å². The third kappa shape index (κ3) is 3.97. The summed E-state index contributed by atoms with van der Waals surface area (Å²) in [5.74, 6) is 1.56. The summed E-state index contributed by atoms with van der Waals surface area (Å²) in [5.41, 5.74) is 6.71. The highest BCUT2D eigenvalue weighted by molar-refractivity contribution is 5.85. The quantitative estimate of drug-likeness (QED) is 0.892. The van der Waals surface area contributed by atoms with Crippen LogP contribution in [0, 0.1) is 5.41 Å². The fraction of sp³-hybridized carbons (Fsp3) is 0.600. The molecule has 1 aliphatic carbocycles. The van der Waals surface area contributed by atoms with Crippen molar-refractivity contribution in [3.05, 3.63) is 18.3 Å². The van der Waals surface area contributed by atoms with E-state index in [1.165, 1.54) is 25.6 Å². The second-order valence-electron chi connectivity index (χ2n) is 5.90. The first kappa shape index (κ1) is 17.6. The first-order valence-electron chi connectivity index (χ1n) is 7.64. The molecule has 2 N–H and O–H groups in total. The van der Waals surface area contributed by atoms with E-state index in [-0.39, 0.29) is 17.8 Å². The van der Waals surface area contributed by atoms with Crippen molar-refractivity contribution in [2.75, 3.05) is 13.7 Å². The van der Waals surface area contributed by atoms with Gasteiger partial charge in [0, 0.05) is 12.5 Å². The summed E-state index contributed by atoms with van der Waals surface area (Å²) in [7, 11) is 1.56. The van der Waals surface area contributed by atoms with Crippen molar-refractivity contribution >= 4 is 12.4 Å². The Morgan fingerprint density at radius 1 is 1.26 bits per heavy atom. The van der Waals surface area contributed by atoms with E-state index in [0.29, 0.717) is 29.8 Å². The van der Waals surface area contributed by atoms with Gasteiger partial charge in [-0.05, 0) is 24.8 Å². The van der Waals surface area contributed by atoms with Crippen LogP contribution in [0.5, 0.6) is 5.88 Å². The monoisotopic (exact) mass is 339 g/mol. The van der Waals surface area contributed by atoms with Crippen molar-refractivity contribution in [2.45, 2.75) is 38.5 Å². The van der Waals surface area contributed by atoms with Crippen LogP contribution in [0.4, 0.5) is 0 Å². The third-order valence-electron chi connectivity index (χ3n) is 4.42. The van der Waals surface area contributed by atoms with Gasteiger partial charge < -0.3 is 15.0 Å². The molecule has 1 aliphatic rings. The van der Waals surface area contributed by atoms with Gasteiger partial charge in [0.25, 0.3) is 0 Å². The van der Waals surface area contributed by atoms with Gasteiger partial charge >= 0.3 is 0 Å². The van der Waals surface area contributed by atoms with Crippen LogP contribution in [0.2, 0.25) is 0 Å². The van der Waals surface area contributed by atoms with Crippen LogP contribution in [0.15, 0.2) is 16.9 Å². The summed E-state index contributed by atoms with van der Waals surface area (Å²) in [6.07, 6.45) is 8.15. The predicted molar refractivity (Wildman–Crippen MR) is 87.4 cm³/mol. The Kier molecular flexibility index (Phi) is 5.90. The average molecular weight is 340 g/mol. The van der Waals surface area contributed by atoms with Crippen molar-refractivity contribution in [1.82, 2.24) is 20.1 Å². The lowest BCUT2D eigenvalue weighted by Crippen LogP contribution is -2.35. The molecule has 0 bridgehead atoms. The number of methoxy groups -OCH3 is 1. The fourth-order valence-corrected chi connectivity index (χ4v) is 3.08. The van der Waals surface area contributed by atoms with Crippen LogP contribution in [0.1, 0.15) is 38.0 Å². The summed E-state index contributed by atoms with van der Waals surface area (Å²) in [6.45, 7) is 0.659. The van der Waals surface area contributed by atoms with Crippen molar-refractivity contribution in [3.8, 4) is 17.4 Å². The molecule has 8 heteroatoms. The molecule has 0 atom stereocenters. The number of nitrogens with zero attached hydrogens (tertiary/aromatic N) is 4. The van der Waals surface area contributed by atoms with Gasteiger partial charge in [-0.15, -0.1) is 12.4 Å². The van der Waals surface area contributed by atoms with E-state index in [2.05, 4.69) is 20.1 Å². The lowest BCUT2D eigenvalue weighted by atomic mass is 9.72. The lowest BCUT2D eigenvalue weighted by Gasteiger charge is -2.34. The first-order valence-corrected chi connectivity index (χ1v) is 7.64. The van der Waals surface area contributed by atoms with Crippen LogP contribution >= 0.6 is 12.4 Å². The van der Waals surface area contributed by atoms with Crippen LogP contribution in [0.25, 0.3) is 11.5 Å². The number of halogens is 1. The van der Waals surface area contributed by atoms with Crippen molar-refractivity contribution in [3.63, 3.8) is 0 Å². The third-order valence-corrected chi connectivity index (χ3v) is 4.42. The van der Waals surface area contributed by atoms with Gasteiger partial charge in [-0.1, -0.05) is 24.4 Å². The number of hydrogen-bond acceptors (Lipinski definition) is 7. The van der Waals surface area contributed by atoms with Gasteiger partial charge in [0.05, 0.1) is 7.11 Å². The Labute approximate surface area is 141 Å². The molecule has 2 aromatic rings. The second-order valence-corrected chi connectivity index (χ2v) is 5.90. The maximum atomic E-state index is 6.01. The maximum absolute atomic E-state index is 6.01. The average Bonchev–Trinajstić information content (AvgIpc) is 3.04. The van der Waals surface area contributed by atoms with Crippen LogP contribution in [0.3, 0.4) is 0 Å². The molecule has 2 heterocycles. The minimum atomic E-state index is 0. The van der Waals surface area contributed by atoms with Gasteiger partial charge in [-0.25, -0.2) is 9.97 Å². The van der Waals surface area contributed by atoms with Crippen LogP contribution in [-0.2, 0) is 6.42 Å². The highest BCUT2D eigenvalue weighted by Crippen LogP contribution is 2.38. The Bertz CT molecular complexity index is 628. The molecule has 2 aromatic heterocycles. The van der Waals surface area contributed by atoms with E-state index in [9.17, 15) is 0 Å². The topological polar surface area (TPSA) is 100.0 Å². The molecule has 1 fully saturated rings. The van der Waals surface area contributed by atoms with E-state index >= 15 is 0 Å². The van der Waals surface area contributed by atoms with Crippen LogP contribution < -0.4 is 10.5 Å². The van der Waals surface area contributed by atoms with Gasteiger partial charge in [0.15, 0.2) is 0 Å². The molecule has 0 amide bonds. The van der Waals surface area contributed by atoms with E-state index < -0.39 is 0 Å². The Hall–Kier alpha value is -1.73. The number of aromatic nitrogens is 4. The first-order chi connectivity index (χ1) is 10.7. The van der Waals surface area contributed by atoms with Crippen molar-refractivity contribution < 1.29 is 9.26 Å². The molecule has 7 nitrogen and oxygen atoms in total. The molecule has 0 aromatic carbocycles. The molecule has 0 aliphatic heterocycles. The molecule has 0 radical (unpaired) electrons. The second kappa shape index (κ2) is 7.70. The zero-order valence-electron chi connectivity index (χ0n) is 13.2. The smallest absolute Gasteiger partial charge is 0.227 e. The predicted octanol–water partition coefficient (Wildman–Crippen LogP) is 2.41. The highest BCUT2D eigenvalue weighted by atomic mass is 35.5. The summed E-state index contributed by atoms with van der Waals surface area (Å²) in [4.78, 5) is 12.6. The number of ether oxygens (including phenoxy) is 1. The minimum Gasteiger partial charge on any atom is -0.481 e. The number of rotatable bonds is 5. The zero-order chi connectivity index (χ0) is 15.4. The molecule has 23 heavy (non-hydrogen) atoms. The van der Waals surface area contributed by atoms with Crippen molar-refractivity contribution in [1.29, 1.82) is 0 Å². The molecule has 3 rings (SSSR count).